The topological polar surface area (TPSA) is 98.0 Å². The summed E-state index contributed by atoms with van der Waals surface area (Å²) >= 11 is 0. The van der Waals surface area contributed by atoms with Crippen molar-refractivity contribution in [3.05, 3.63) is 11.6 Å². The van der Waals surface area contributed by atoms with Crippen molar-refractivity contribution in [2.45, 2.75) is 111 Å². The normalized spacial score (nSPS) is 55.5. The SMILES string of the molecule is CC1(C)[C@H](O)[C@H](O)C[C@]2(C)[C@H]3CC[C@H]4[C@](C)(CC[C@@H]5[C@](C)(CO)[C@H](O)CC[C@@]54C)CC3=CC(=O)[C@@H]12. The third kappa shape index (κ3) is 3.30. The zero-order valence-electron chi connectivity index (χ0n) is 22.7. The highest BCUT2D eigenvalue weighted by Gasteiger charge is 2.65. The van der Waals surface area contributed by atoms with Gasteiger partial charge in [-0.1, -0.05) is 47.1 Å². The molecule has 0 aromatic rings. The maximum atomic E-state index is 13.7. The van der Waals surface area contributed by atoms with Crippen LogP contribution in [-0.4, -0.2) is 51.1 Å². The molecular weight excluding hydrogens is 440 g/mol. The molecule has 0 heterocycles. The smallest absolute Gasteiger partial charge is 0.159 e. The Morgan fingerprint density at radius 2 is 1.57 bits per heavy atom. The highest BCUT2D eigenvalue weighted by Crippen LogP contribution is 2.70. The zero-order valence-corrected chi connectivity index (χ0v) is 22.7. The third-order valence-corrected chi connectivity index (χ3v) is 12.7. The molecule has 0 saturated heterocycles. The Balaban J connectivity index is 1.55. The van der Waals surface area contributed by atoms with Crippen LogP contribution in [0.3, 0.4) is 0 Å². The molecule has 0 aromatic carbocycles. The van der Waals surface area contributed by atoms with Crippen LogP contribution in [0.4, 0.5) is 0 Å². The number of carbonyl (C=O) groups excluding carboxylic acids is 1. The fraction of sp³-hybridized carbons (Fsp3) is 0.900. The van der Waals surface area contributed by atoms with Crippen LogP contribution in [0, 0.1) is 50.7 Å². The zero-order chi connectivity index (χ0) is 25.8. The van der Waals surface area contributed by atoms with E-state index in [2.05, 4.69) is 27.7 Å². The summed E-state index contributed by atoms with van der Waals surface area (Å²) in [6.45, 7) is 13.1. The Hall–Kier alpha value is -0.750. The Kier molecular flexibility index (Phi) is 5.83. The van der Waals surface area contributed by atoms with Crippen LogP contribution < -0.4 is 0 Å². The molecule has 11 atom stereocenters. The number of hydrogen-bond acceptors (Lipinski definition) is 5. The van der Waals surface area contributed by atoms with Gasteiger partial charge in [0.2, 0.25) is 0 Å². The van der Waals surface area contributed by atoms with Gasteiger partial charge in [0.15, 0.2) is 5.78 Å². The predicted molar refractivity (Wildman–Crippen MR) is 135 cm³/mol. The van der Waals surface area contributed by atoms with E-state index in [1.54, 1.807) is 0 Å². The monoisotopic (exact) mass is 488 g/mol. The molecule has 5 heteroatoms. The molecular formula is C30H48O5. The van der Waals surface area contributed by atoms with Crippen molar-refractivity contribution in [1.29, 1.82) is 0 Å². The van der Waals surface area contributed by atoms with E-state index in [-0.39, 0.29) is 46.4 Å². The predicted octanol–water partition coefficient (Wildman–Crippen LogP) is 4.26. The summed E-state index contributed by atoms with van der Waals surface area (Å²) in [4.78, 5) is 13.7. The minimum Gasteiger partial charge on any atom is -0.396 e. The van der Waals surface area contributed by atoms with E-state index in [1.807, 2.05) is 19.9 Å². The van der Waals surface area contributed by atoms with Crippen LogP contribution in [0.5, 0.6) is 0 Å². The van der Waals surface area contributed by atoms with Crippen molar-refractivity contribution >= 4 is 5.78 Å². The summed E-state index contributed by atoms with van der Waals surface area (Å²) in [5, 5.41) is 43.0. The molecule has 0 amide bonds. The second-order valence-corrected chi connectivity index (χ2v) is 14.9. The minimum absolute atomic E-state index is 0.0230. The Morgan fingerprint density at radius 1 is 0.886 bits per heavy atom. The van der Waals surface area contributed by atoms with Gasteiger partial charge in [0.25, 0.3) is 0 Å². The second-order valence-electron chi connectivity index (χ2n) is 14.9. The maximum absolute atomic E-state index is 13.7. The van der Waals surface area contributed by atoms with Gasteiger partial charge in [-0.05, 0) is 91.4 Å². The summed E-state index contributed by atoms with van der Waals surface area (Å²) < 4.78 is 0. The number of carbonyl (C=O) groups is 1. The molecule has 0 aromatic heterocycles. The van der Waals surface area contributed by atoms with E-state index in [0.29, 0.717) is 12.3 Å². The van der Waals surface area contributed by atoms with Crippen LogP contribution in [0.1, 0.15) is 92.9 Å². The number of fused-ring (bicyclic) bond motifs is 6. The third-order valence-electron chi connectivity index (χ3n) is 12.7. The lowest BCUT2D eigenvalue weighted by Gasteiger charge is -2.64. The Labute approximate surface area is 211 Å². The maximum Gasteiger partial charge on any atom is 0.159 e. The highest BCUT2D eigenvalue weighted by atomic mass is 16.3. The number of allylic oxidation sites excluding steroid dienone is 2. The molecule has 5 rings (SSSR count). The van der Waals surface area contributed by atoms with Gasteiger partial charge in [-0.3, -0.25) is 4.79 Å². The van der Waals surface area contributed by atoms with Crippen LogP contribution >= 0.6 is 0 Å². The first-order chi connectivity index (χ1) is 16.1. The molecule has 5 aliphatic rings. The quantitative estimate of drug-likeness (QED) is 0.442. The van der Waals surface area contributed by atoms with Gasteiger partial charge in [-0.15, -0.1) is 0 Å². The first kappa shape index (κ1) is 25.9. The molecule has 5 aliphatic carbocycles. The molecule has 0 spiro atoms. The first-order valence-corrected chi connectivity index (χ1v) is 14.0. The molecule has 0 unspecified atom stereocenters. The van der Waals surface area contributed by atoms with E-state index in [0.717, 1.165) is 44.9 Å². The van der Waals surface area contributed by atoms with Crippen LogP contribution in [-0.2, 0) is 4.79 Å². The first-order valence-electron chi connectivity index (χ1n) is 14.0. The fourth-order valence-electron chi connectivity index (χ4n) is 11.1. The van der Waals surface area contributed by atoms with Gasteiger partial charge < -0.3 is 20.4 Å². The van der Waals surface area contributed by atoms with Gasteiger partial charge in [-0.2, -0.15) is 0 Å². The van der Waals surface area contributed by atoms with Crippen molar-refractivity contribution in [2.75, 3.05) is 6.61 Å². The second kappa shape index (κ2) is 7.88. The molecule has 4 fully saturated rings. The van der Waals surface area contributed by atoms with Crippen molar-refractivity contribution in [3.63, 3.8) is 0 Å². The number of aliphatic hydroxyl groups excluding tert-OH is 4. The van der Waals surface area contributed by atoms with E-state index < -0.39 is 29.1 Å². The number of aliphatic hydroxyl groups is 4. The lowest BCUT2D eigenvalue weighted by molar-refractivity contribution is -0.189. The van der Waals surface area contributed by atoms with Crippen LogP contribution in [0.15, 0.2) is 11.6 Å². The largest absolute Gasteiger partial charge is 0.396 e. The van der Waals surface area contributed by atoms with Crippen LogP contribution in [0.25, 0.3) is 0 Å². The van der Waals surface area contributed by atoms with Gasteiger partial charge in [0.1, 0.15) is 0 Å². The fourth-order valence-corrected chi connectivity index (χ4v) is 11.1. The molecule has 4 N–H and O–H groups in total. The van der Waals surface area contributed by atoms with Gasteiger partial charge >= 0.3 is 0 Å². The molecule has 35 heavy (non-hydrogen) atoms. The summed E-state index contributed by atoms with van der Waals surface area (Å²) in [6, 6.07) is 0. The van der Waals surface area contributed by atoms with Crippen molar-refractivity contribution in [3.8, 4) is 0 Å². The van der Waals surface area contributed by atoms with Crippen molar-refractivity contribution < 1.29 is 25.2 Å². The summed E-state index contributed by atoms with van der Waals surface area (Å²) in [5.41, 5.74) is -0.113. The Bertz CT molecular complexity index is 926. The lowest BCUT2D eigenvalue weighted by Crippen LogP contribution is -2.62. The van der Waals surface area contributed by atoms with E-state index >= 15 is 0 Å². The molecule has 0 bridgehead atoms. The lowest BCUT2D eigenvalue weighted by atomic mass is 9.42. The number of hydrogen-bond donors (Lipinski definition) is 4. The molecule has 4 saturated carbocycles. The summed E-state index contributed by atoms with van der Waals surface area (Å²) in [5.74, 6) is 0.815. The Morgan fingerprint density at radius 3 is 2.23 bits per heavy atom. The average molecular weight is 489 g/mol. The van der Waals surface area contributed by atoms with E-state index in [1.165, 1.54) is 5.57 Å². The number of rotatable bonds is 1. The molecule has 5 nitrogen and oxygen atoms in total. The molecule has 0 radical (unpaired) electrons. The summed E-state index contributed by atoms with van der Waals surface area (Å²) in [6.07, 6.45) is 6.98. The van der Waals surface area contributed by atoms with E-state index in [9.17, 15) is 25.2 Å². The summed E-state index contributed by atoms with van der Waals surface area (Å²) in [7, 11) is 0. The van der Waals surface area contributed by atoms with Crippen molar-refractivity contribution in [2.24, 2.45) is 50.7 Å². The number of ketones is 1. The van der Waals surface area contributed by atoms with Gasteiger partial charge in [0, 0.05) is 16.7 Å². The van der Waals surface area contributed by atoms with Gasteiger partial charge in [-0.25, -0.2) is 0 Å². The highest BCUT2D eigenvalue weighted by molar-refractivity contribution is 5.95. The average Bonchev–Trinajstić information content (AvgIpc) is 2.91. The minimum atomic E-state index is -0.894. The van der Waals surface area contributed by atoms with Crippen molar-refractivity contribution in [1.82, 2.24) is 0 Å². The van der Waals surface area contributed by atoms with E-state index in [4.69, 9.17) is 0 Å². The standard InChI is InChI=1S/C30H48O5/c1-26(2)24-19(32)13-17-14-27(3)11-9-22-28(4,12-10-23(34)30(22,6)16-31)21(27)8-7-18(17)29(24,5)15-20(33)25(26)35/h13,18,20-25,31,33-35H,7-12,14-16H2,1-6H3/t18-,20+,21-,22-,23+,24-,25+,27+,28+,29+,30-/m0/s1. The molecule has 0 aliphatic heterocycles. The molecule has 198 valence electrons. The van der Waals surface area contributed by atoms with Crippen LogP contribution in [0.2, 0.25) is 0 Å². The van der Waals surface area contributed by atoms with Gasteiger partial charge in [0.05, 0.1) is 24.9 Å².